The molecule has 15 heavy (non-hydrogen) atoms. The van der Waals surface area contributed by atoms with Gasteiger partial charge in [-0.1, -0.05) is 11.8 Å². The van der Waals surface area contributed by atoms with Crippen molar-refractivity contribution < 1.29 is 14.4 Å². The third-order valence-electron chi connectivity index (χ3n) is 2.40. The highest BCUT2D eigenvalue weighted by Crippen LogP contribution is 2.24. The number of hydrogen-bond donors (Lipinski definition) is 1. The van der Waals surface area contributed by atoms with Crippen molar-refractivity contribution in [3.63, 3.8) is 0 Å². The maximum Gasteiger partial charge on any atom is 0.231 e. The Morgan fingerprint density at radius 1 is 1.47 bits per heavy atom. The SMILES string of the molecule is CC(=O)SCCC1C(=O)NC(C)(C)C1=O. The molecule has 1 aliphatic rings. The number of Topliss-reactive ketones (excluding diaryl/α,β-unsaturated/α-hetero) is 1. The van der Waals surface area contributed by atoms with Crippen LogP contribution >= 0.6 is 11.8 Å². The van der Waals surface area contributed by atoms with Gasteiger partial charge in [-0.15, -0.1) is 0 Å². The van der Waals surface area contributed by atoms with Gasteiger partial charge in [0.05, 0.1) is 11.5 Å². The molecule has 1 fully saturated rings. The lowest BCUT2D eigenvalue weighted by molar-refractivity contribution is -0.128. The second kappa shape index (κ2) is 4.35. The Bertz CT molecular complexity index is 312. The van der Waals surface area contributed by atoms with E-state index in [-0.39, 0.29) is 16.8 Å². The van der Waals surface area contributed by atoms with Gasteiger partial charge < -0.3 is 5.32 Å². The third kappa shape index (κ3) is 2.81. The minimum atomic E-state index is -0.747. The molecule has 0 aromatic rings. The maximum absolute atomic E-state index is 11.7. The molecule has 0 aromatic carbocycles. The molecule has 1 amide bonds. The summed E-state index contributed by atoms with van der Waals surface area (Å²) in [7, 11) is 0. The molecule has 84 valence electrons. The minimum absolute atomic E-state index is 0.0140. The molecule has 1 aliphatic heterocycles. The quantitative estimate of drug-likeness (QED) is 0.725. The van der Waals surface area contributed by atoms with Crippen LogP contribution in [0.4, 0.5) is 0 Å². The summed E-state index contributed by atoms with van der Waals surface area (Å²) in [6.07, 6.45) is 0.443. The van der Waals surface area contributed by atoms with Crippen LogP contribution in [-0.4, -0.2) is 28.1 Å². The van der Waals surface area contributed by atoms with Gasteiger partial charge >= 0.3 is 0 Å². The molecule has 1 rings (SSSR count). The monoisotopic (exact) mass is 229 g/mol. The minimum Gasteiger partial charge on any atom is -0.343 e. The third-order valence-corrected chi connectivity index (χ3v) is 3.24. The van der Waals surface area contributed by atoms with Crippen molar-refractivity contribution in [2.75, 3.05) is 5.75 Å². The zero-order valence-corrected chi connectivity index (χ0v) is 9.94. The average Bonchev–Trinajstić information content (AvgIpc) is 2.26. The van der Waals surface area contributed by atoms with E-state index in [0.29, 0.717) is 12.2 Å². The van der Waals surface area contributed by atoms with Crippen LogP contribution in [-0.2, 0) is 14.4 Å². The Labute approximate surface area is 93.2 Å². The first kappa shape index (κ1) is 12.2. The fourth-order valence-electron chi connectivity index (χ4n) is 1.59. The summed E-state index contributed by atoms with van der Waals surface area (Å²) in [6, 6.07) is 0. The van der Waals surface area contributed by atoms with Gasteiger partial charge in [-0.25, -0.2) is 0 Å². The second-order valence-corrected chi connectivity index (χ2v) is 5.43. The molecule has 1 atom stereocenters. The fourth-order valence-corrected chi connectivity index (χ4v) is 2.24. The number of carbonyl (C=O) groups is 3. The summed E-state index contributed by atoms with van der Waals surface area (Å²) in [5.41, 5.74) is -0.747. The first-order valence-corrected chi connectivity index (χ1v) is 5.83. The van der Waals surface area contributed by atoms with Crippen molar-refractivity contribution in [2.45, 2.75) is 32.7 Å². The van der Waals surface area contributed by atoms with Crippen LogP contribution in [0.25, 0.3) is 0 Å². The first-order chi connectivity index (χ1) is 6.84. The highest BCUT2D eigenvalue weighted by atomic mass is 32.2. The van der Waals surface area contributed by atoms with E-state index in [2.05, 4.69) is 5.32 Å². The van der Waals surface area contributed by atoms with Crippen LogP contribution in [0.2, 0.25) is 0 Å². The lowest BCUT2D eigenvalue weighted by Gasteiger charge is -2.14. The molecule has 0 aliphatic carbocycles. The van der Waals surface area contributed by atoms with Gasteiger partial charge in [0.1, 0.15) is 0 Å². The molecule has 0 spiro atoms. The summed E-state index contributed by atoms with van der Waals surface area (Å²) in [6.45, 7) is 4.88. The number of amides is 1. The number of carbonyl (C=O) groups excluding carboxylic acids is 3. The van der Waals surface area contributed by atoms with E-state index in [1.807, 2.05) is 0 Å². The van der Waals surface area contributed by atoms with Gasteiger partial charge in [0.2, 0.25) is 5.91 Å². The molecule has 1 saturated heterocycles. The maximum atomic E-state index is 11.7. The van der Waals surface area contributed by atoms with Gasteiger partial charge in [-0.2, -0.15) is 0 Å². The predicted molar refractivity (Wildman–Crippen MR) is 58.5 cm³/mol. The summed E-state index contributed by atoms with van der Waals surface area (Å²) < 4.78 is 0. The van der Waals surface area contributed by atoms with Gasteiger partial charge in [0, 0.05) is 12.7 Å². The van der Waals surface area contributed by atoms with Crippen LogP contribution in [0.15, 0.2) is 0 Å². The van der Waals surface area contributed by atoms with E-state index in [1.165, 1.54) is 6.92 Å². The van der Waals surface area contributed by atoms with E-state index < -0.39 is 11.5 Å². The zero-order valence-electron chi connectivity index (χ0n) is 9.12. The first-order valence-electron chi connectivity index (χ1n) is 4.84. The lowest BCUT2D eigenvalue weighted by Crippen LogP contribution is -2.39. The highest BCUT2D eigenvalue weighted by molar-refractivity contribution is 8.13. The fraction of sp³-hybridized carbons (Fsp3) is 0.700. The molecule has 1 unspecified atom stereocenters. The van der Waals surface area contributed by atoms with Crippen LogP contribution in [0.5, 0.6) is 0 Å². The summed E-state index contributed by atoms with van der Waals surface area (Å²) in [4.78, 5) is 33.9. The normalized spacial score (nSPS) is 24.1. The van der Waals surface area contributed by atoms with Gasteiger partial charge in [0.25, 0.3) is 0 Å². The molecular formula is C10H15NO3S. The van der Waals surface area contributed by atoms with Crippen molar-refractivity contribution in [2.24, 2.45) is 5.92 Å². The molecule has 0 radical (unpaired) electrons. The van der Waals surface area contributed by atoms with E-state index in [1.54, 1.807) is 13.8 Å². The Kier molecular flexibility index (Phi) is 3.54. The molecule has 0 saturated carbocycles. The largest absolute Gasteiger partial charge is 0.343 e. The Morgan fingerprint density at radius 3 is 2.47 bits per heavy atom. The molecule has 1 heterocycles. The van der Waals surface area contributed by atoms with Crippen molar-refractivity contribution >= 4 is 28.6 Å². The summed E-state index contributed by atoms with van der Waals surface area (Å²) in [5.74, 6) is -0.340. The van der Waals surface area contributed by atoms with Crippen LogP contribution in [0.1, 0.15) is 27.2 Å². The Balaban J connectivity index is 2.52. The second-order valence-electron chi connectivity index (χ2n) is 4.16. The average molecular weight is 229 g/mol. The van der Waals surface area contributed by atoms with E-state index in [9.17, 15) is 14.4 Å². The van der Waals surface area contributed by atoms with Gasteiger partial charge in [-0.3, -0.25) is 14.4 Å². The topological polar surface area (TPSA) is 63.2 Å². The number of hydrogen-bond acceptors (Lipinski definition) is 4. The summed E-state index contributed by atoms with van der Waals surface area (Å²) >= 11 is 1.15. The molecule has 1 N–H and O–H groups in total. The molecule has 5 heteroatoms. The van der Waals surface area contributed by atoms with Gasteiger partial charge in [0.15, 0.2) is 10.9 Å². The Hall–Kier alpha value is -0.840. The number of rotatable bonds is 3. The van der Waals surface area contributed by atoms with E-state index in [0.717, 1.165) is 11.8 Å². The van der Waals surface area contributed by atoms with Crippen LogP contribution in [0, 0.1) is 5.92 Å². The standard InChI is InChI=1S/C10H15NO3S/c1-6(12)15-5-4-7-8(13)10(2,3)11-9(7)14/h7H,4-5H2,1-3H3,(H,11,14). The smallest absolute Gasteiger partial charge is 0.231 e. The lowest BCUT2D eigenvalue weighted by atomic mass is 9.93. The van der Waals surface area contributed by atoms with E-state index in [4.69, 9.17) is 0 Å². The van der Waals surface area contributed by atoms with Crippen molar-refractivity contribution in [1.29, 1.82) is 0 Å². The molecule has 0 bridgehead atoms. The molecular weight excluding hydrogens is 214 g/mol. The van der Waals surface area contributed by atoms with Crippen molar-refractivity contribution in [1.82, 2.24) is 5.32 Å². The van der Waals surface area contributed by atoms with Crippen molar-refractivity contribution in [3.8, 4) is 0 Å². The summed E-state index contributed by atoms with van der Waals surface area (Å²) in [5, 5.41) is 2.66. The van der Waals surface area contributed by atoms with Crippen LogP contribution in [0.3, 0.4) is 0 Å². The zero-order chi connectivity index (χ0) is 11.6. The highest BCUT2D eigenvalue weighted by Gasteiger charge is 2.45. The molecule has 0 aromatic heterocycles. The van der Waals surface area contributed by atoms with Crippen molar-refractivity contribution in [3.05, 3.63) is 0 Å². The molecule has 4 nitrogen and oxygen atoms in total. The van der Waals surface area contributed by atoms with Crippen LogP contribution < -0.4 is 5.32 Å². The van der Waals surface area contributed by atoms with Gasteiger partial charge in [-0.05, 0) is 20.3 Å². The Morgan fingerprint density at radius 2 is 2.07 bits per heavy atom. The van der Waals surface area contributed by atoms with E-state index >= 15 is 0 Å². The number of nitrogens with one attached hydrogen (secondary N) is 1. The predicted octanol–water partition coefficient (Wildman–Crippen LogP) is 0.750. The number of thioether (sulfide) groups is 1. The number of ketones is 1.